The molecule has 5 nitrogen and oxygen atoms in total. The quantitative estimate of drug-likeness (QED) is 0.814. The first-order valence-corrected chi connectivity index (χ1v) is 5.51. The lowest BCUT2D eigenvalue weighted by atomic mass is 9.78. The predicted molar refractivity (Wildman–Crippen MR) is 57.7 cm³/mol. The zero-order chi connectivity index (χ0) is 11.0. The summed E-state index contributed by atoms with van der Waals surface area (Å²) in [5, 5.41) is 20.2. The summed E-state index contributed by atoms with van der Waals surface area (Å²) in [6, 6.07) is 4.36. The fraction of sp³-hybridized carbons (Fsp3) is 0.455. The van der Waals surface area contributed by atoms with Gasteiger partial charge in [0.1, 0.15) is 0 Å². The molecule has 0 radical (unpaired) electrons. The Kier molecular flexibility index (Phi) is 2.25. The zero-order valence-electron chi connectivity index (χ0n) is 8.87. The molecule has 0 aliphatic heterocycles. The molecule has 2 aromatic heterocycles. The van der Waals surface area contributed by atoms with Gasteiger partial charge in [-0.15, -0.1) is 0 Å². The minimum atomic E-state index is 0.0176. The normalized spacial score (nSPS) is 24.3. The molecule has 0 saturated heterocycles. The van der Waals surface area contributed by atoms with Gasteiger partial charge in [-0.3, -0.25) is 9.78 Å². The Morgan fingerprint density at radius 3 is 2.94 bits per heavy atom. The van der Waals surface area contributed by atoms with Gasteiger partial charge in [-0.2, -0.15) is 10.2 Å². The molecule has 3 rings (SSSR count). The van der Waals surface area contributed by atoms with Crippen molar-refractivity contribution in [2.75, 3.05) is 0 Å². The predicted octanol–water partition coefficient (Wildman–Crippen LogP) is 1.22. The highest BCUT2D eigenvalue weighted by molar-refractivity contribution is 5.12. The van der Waals surface area contributed by atoms with Crippen LogP contribution in [0.3, 0.4) is 0 Å². The minimum Gasteiger partial charge on any atom is -0.390 e. The molecular formula is C11H14N4O. The molecule has 0 spiro atoms. The van der Waals surface area contributed by atoms with E-state index >= 15 is 0 Å². The highest BCUT2D eigenvalue weighted by atomic mass is 16.3. The molecule has 5 heteroatoms. The van der Waals surface area contributed by atoms with E-state index in [1.807, 2.05) is 23.0 Å². The van der Waals surface area contributed by atoms with E-state index in [0.717, 1.165) is 18.5 Å². The third-order valence-electron chi connectivity index (χ3n) is 3.27. The smallest absolute Gasteiger partial charge is 0.0879 e. The molecule has 0 atom stereocenters. The summed E-state index contributed by atoms with van der Waals surface area (Å²) in [7, 11) is 0. The first-order valence-electron chi connectivity index (χ1n) is 5.51. The number of aliphatic hydroxyl groups excluding tert-OH is 1. The van der Waals surface area contributed by atoms with Crippen molar-refractivity contribution in [3.8, 4) is 0 Å². The Bertz CT molecular complexity index is 456. The van der Waals surface area contributed by atoms with Gasteiger partial charge >= 0.3 is 0 Å². The molecule has 0 unspecified atom stereocenters. The third-order valence-corrected chi connectivity index (χ3v) is 3.27. The molecule has 0 amide bonds. The average molecular weight is 218 g/mol. The van der Waals surface area contributed by atoms with Crippen molar-refractivity contribution in [1.82, 2.24) is 20.0 Å². The van der Waals surface area contributed by atoms with E-state index in [0.29, 0.717) is 12.0 Å². The second kappa shape index (κ2) is 3.75. The number of rotatable bonds is 3. The number of H-pyrrole nitrogens is 1. The van der Waals surface area contributed by atoms with Crippen molar-refractivity contribution in [3.63, 3.8) is 0 Å². The number of nitrogens with zero attached hydrogens (tertiary/aromatic N) is 3. The van der Waals surface area contributed by atoms with Crippen LogP contribution in [0.4, 0.5) is 0 Å². The summed E-state index contributed by atoms with van der Waals surface area (Å²) in [5.41, 5.74) is 1.95. The number of aliphatic hydroxyl groups is 1. The van der Waals surface area contributed by atoms with E-state index in [1.165, 1.54) is 5.69 Å². The van der Waals surface area contributed by atoms with Crippen LogP contribution in [0, 0.1) is 0 Å². The molecule has 2 aromatic rings. The molecule has 2 N–H and O–H groups in total. The fourth-order valence-corrected chi connectivity index (χ4v) is 2.22. The van der Waals surface area contributed by atoms with Crippen LogP contribution >= 0.6 is 0 Å². The molecule has 1 aliphatic carbocycles. The lowest BCUT2D eigenvalue weighted by molar-refractivity contribution is 0.234. The van der Waals surface area contributed by atoms with Gasteiger partial charge in [0.05, 0.1) is 18.3 Å². The summed E-state index contributed by atoms with van der Waals surface area (Å²) in [6.45, 7) is 0.0176. The molecule has 2 heterocycles. The fourth-order valence-electron chi connectivity index (χ4n) is 2.22. The lowest BCUT2D eigenvalue weighted by Crippen LogP contribution is -2.26. The summed E-state index contributed by atoms with van der Waals surface area (Å²) in [6.07, 6.45) is 5.92. The van der Waals surface area contributed by atoms with Crippen LogP contribution in [-0.4, -0.2) is 25.1 Å². The molecule has 1 saturated carbocycles. The van der Waals surface area contributed by atoms with Crippen LogP contribution in [-0.2, 0) is 6.61 Å². The van der Waals surface area contributed by atoms with E-state index < -0.39 is 0 Å². The monoisotopic (exact) mass is 218 g/mol. The van der Waals surface area contributed by atoms with Crippen molar-refractivity contribution in [2.24, 2.45) is 0 Å². The first kappa shape index (κ1) is 9.59. The Hall–Kier alpha value is -1.62. The molecule has 0 aromatic carbocycles. The largest absolute Gasteiger partial charge is 0.390 e. The van der Waals surface area contributed by atoms with E-state index in [9.17, 15) is 0 Å². The number of hydrogen-bond acceptors (Lipinski definition) is 3. The van der Waals surface area contributed by atoms with Crippen molar-refractivity contribution >= 4 is 0 Å². The van der Waals surface area contributed by atoms with Crippen LogP contribution < -0.4 is 0 Å². The number of aromatic nitrogens is 4. The van der Waals surface area contributed by atoms with E-state index in [2.05, 4.69) is 15.3 Å². The van der Waals surface area contributed by atoms with Crippen LogP contribution in [0.15, 0.2) is 24.5 Å². The van der Waals surface area contributed by atoms with Crippen molar-refractivity contribution in [1.29, 1.82) is 0 Å². The van der Waals surface area contributed by atoms with Gasteiger partial charge in [-0.25, -0.2) is 0 Å². The van der Waals surface area contributed by atoms with Crippen molar-refractivity contribution < 1.29 is 5.11 Å². The molecule has 1 fully saturated rings. The molecule has 0 bridgehead atoms. The van der Waals surface area contributed by atoms with E-state index in [-0.39, 0.29) is 6.61 Å². The molecular weight excluding hydrogens is 204 g/mol. The Morgan fingerprint density at radius 1 is 1.44 bits per heavy atom. The van der Waals surface area contributed by atoms with Crippen LogP contribution in [0.2, 0.25) is 0 Å². The second-order valence-corrected chi connectivity index (χ2v) is 4.28. The molecule has 1 aliphatic rings. The van der Waals surface area contributed by atoms with Crippen LogP contribution in [0.25, 0.3) is 0 Å². The summed E-state index contributed by atoms with van der Waals surface area (Å²) in [5.74, 6) is 0.578. The highest BCUT2D eigenvalue weighted by Crippen LogP contribution is 2.43. The maximum absolute atomic E-state index is 8.94. The Labute approximate surface area is 93.1 Å². The summed E-state index contributed by atoms with van der Waals surface area (Å²) < 4.78 is 1.96. The lowest BCUT2D eigenvalue weighted by Gasteiger charge is -2.34. The van der Waals surface area contributed by atoms with E-state index in [1.54, 1.807) is 6.20 Å². The first-order chi connectivity index (χ1) is 7.86. The van der Waals surface area contributed by atoms with Crippen LogP contribution in [0.5, 0.6) is 0 Å². The van der Waals surface area contributed by atoms with Gasteiger partial charge in [0.15, 0.2) is 0 Å². The highest BCUT2D eigenvalue weighted by Gasteiger charge is 2.32. The van der Waals surface area contributed by atoms with Gasteiger partial charge in [-0.05, 0) is 25.0 Å². The van der Waals surface area contributed by atoms with Crippen molar-refractivity contribution in [3.05, 3.63) is 35.9 Å². The Balaban J connectivity index is 1.64. The molecule has 84 valence electrons. The summed E-state index contributed by atoms with van der Waals surface area (Å²) in [4.78, 5) is 0. The van der Waals surface area contributed by atoms with E-state index in [4.69, 9.17) is 5.11 Å². The number of nitrogens with one attached hydrogen (secondary N) is 1. The van der Waals surface area contributed by atoms with Gasteiger partial charge in [0, 0.05) is 24.0 Å². The van der Waals surface area contributed by atoms with Gasteiger partial charge in [0.2, 0.25) is 0 Å². The van der Waals surface area contributed by atoms with Gasteiger partial charge < -0.3 is 5.11 Å². The SMILES string of the molecule is OCc1ccn(C2CC(c3ccn[nH]3)C2)n1. The topological polar surface area (TPSA) is 66.7 Å². The second-order valence-electron chi connectivity index (χ2n) is 4.28. The minimum absolute atomic E-state index is 0.0176. The van der Waals surface area contributed by atoms with Gasteiger partial charge in [-0.1, -0.05) is 0 Å². The average Bonchev–Trinajstić information content (AvgIpc) is 2.85. The molecule has 16 heavy (non-hydrogen) atoms. The third kappa shape index (κ3) is 1.53. The van der Waals surface area contributed by atoms with Crippen LogP contribution in [0.1, 0.15) is 36.2 Å². The number of aromatic amines is 1. The zero-order valence-corrected chi connectivity index (χ0v) is 8.87. The Morgan fingerprint density at radius 2 is 2.31 bits per heavy atom. The van der Waals surface area contributed by atoms with Gasteiger partial charge in [0.25, 0.3) is 0 Å². The maximum Gasteiger partial charge on any atom is 0.0879 e. The summed E-state index contributed by atoms with van der Waals surface area (Å²) >= 11 is 0. The maximum atomic E-state index is 8.94. The standard InChI is InChI=1S/C11H14N4O/c16-7-9-2-4-15(14-9)10-5-8(6-10)11-1-3-12-13-11/h1-4,8,10,16H,5-7H2,(H,12,13). The van der Waals surface area contributed by atoms with Crippen molar-refractivity contribution in [2.45, 2.75) is 31.4 Å². The number of hydrogen-bond donors (Lipinski definition) is 2.